The SMILES string of the molecule is COCCOCCOCCN(CC(C)(C)SC1CC(=O)N(CCC(=O)NC(C)(C)C2CCC2)C1=O)c1cc(COc2cc3c(cc2OC)C(=O)N2c4ccccc4C[C@H]2C=N3)cc(COc2cc3c(cc2OC)C(=O)N2c4ccccc4C[C@H]2C#CN3)c1. The number of methoxy groups -OCH3 is 3. The molecule has 5 aromatic rings. The van der Waals surface area contributed by atoms with Gasteiger partial charge in [-0.2, -0.15) is 0 Å². The van der Waals surface area contributed by atoms with Crippen molar-refractivity contribution in [2.75, 3.05) is 94.0 Å². The molecule has 0 aromatic heterocycles. The van der Waals surface area contributed by atoms with E-state index in [0.29, 0.717) is 110 Å². The molecule has 0 bridgehead atoms. The third kappa shape index (κ3) is 13.5. The lowest BCUT2D eigenvalue weighted by atomic mass is 9.72. The second-order valence-electron chi connectivity index (χ2n) is 24.2. The third-order valence-corrected chi connectivity index (χ3v) is 18.6. The molecule has 5 amide bonds. The van der Waals surface area contributed by atoms with E-state index in [1.165, 1.54) is 30.9 Å². The van der Waals surface area contributed by atoms with Crippen LogP contribution in [0.2, 0.25) is 0 Å². The van der Waals surface area contributed by atoms with E-state index in [-0.39, 0.29) is 79.8 Å². The second-order valence-corrected chi connectivity index (χ2v) is 26.1. The molecule has 11 rings (SSSR count). The first kappa shape index (κ1) is 61.6. The Morgan fingerprint density at radius 2 is 1.38 bits per heavy atom. The lowest BCUT2D eigenvalue weighted by Crippen LogP contribution is -2.51. The van der Waals surface area contributed by atoms with Crippen LogP contribution in [-0.4, -0.2) is 142 Å². The van der Waals surface area contributed by atoms with Gasteiger partial charge in [0.15, 0.2) is 23.0 Å². The number of anilines is 4. The largest absolute Gasteiger partial charge is 0.493 e. The number of benzene rings is 5. The standard InChI is InChI=1S/C68H77N7O12S/c1-67(2,88-61-38-63(77)73(66(61)80)22-20-62(76)71-68(3,4)47-15-12-16-47)42-72(23-24-84-27-28-85-26-25-81-5)49-30-43(40-86-59-36-53-51(34-57(59)82-6)64(78)74-48(19-21-69-53)32-45-13-8-10-17-55(45)74)29-44(31-49)41-87-60-37-54-52(35-58(60)83-7)65(79)75-50(39-70-54)33-46-14-9-11-18-56(46)75/h8-11,13-14,17-18,29-31,34-37,39,47-48,50,61,69H,12,15-16,20,22-28,32-33,38,40-42H2,1-7H3,(H,71,76)/t48-,50+,61?/m1/s1. The molecule has 0 radical (unpaired) electrons. The molecule has 5 aromatic carbocycles. The lowest BCUT2D eigenvalue weighted by molar-refractivity contribution is -0.138. The number of para-hydroxylation sites is 2. The van der Waals surface area contributed by atoms with Crippen LogP contribution in [-0.2, 0) is 54.6 Å². The van der Waals surface area contributed by atoms with Crippen molar-refractivity contribution in [3.8, 4) is 35.0 Å². The summed E-state index contributed by atoms with van der Waals surface area (Å²) in [4.78, 5) is 81.5. The van der Waals surface area contributed by atoms with Crippen molar-refractivity contribution in [2.24, 2.45) is 10.9 Å². The quantitative estimate of drug-likeness (QED) is 0.0286. The number of rotatable bonds is 27. The van der Waals surface area contributed by atoms with Crippen LogP contribution in [0.15, 0.2) is 96.0 Å². The molecule has 19 nitrogen and oxygen atoms in total. The number of hydrogen-bond donors (Lipinski definition) is 2. The van der Waals surface area contributed by atoms with Crippen molar-refractivity contribution in [1.29, 1.82) is 0 Å². The van der Waals surface area contributed by atoms with Crippen LogP contribution in [0.25, 0.3) is 0 Å². The van der Waals surface area contributed by atoms with Crippen LogP contribution in [0, 0.1) is 17.9 Å². The van der Waals surface area contributed by atoms with Crippen molar-refractivity contribution in [3.05, 3.63) is 124 Å². The second kappa shape index (κ2) is 26.7. The molecule has 462 valence electrons. The van der Waals surface area contributed by atoms with Crippen molar-refractivity contribution in [3.63, 3.8) is 0 Å². The first-order chi connectivity index (χ1) is 42.5. The number of nitrogens with zero attached hydrogens (tertiary/aromatic N) is 5. The summed E-state index contributed by atoms with van der Waals surface area (Å²) in [5.41, 5.74) is 7.47. The number of thioether (sulfide) groups is 1. The van der Waals surface area contributed by atoms with Crippen molar-refractivity contribution < 1.29 is 57.1 Å². The molecule has 2 fully saturated rings. The van der Waals surface area contributed by atoms with E-state index in [0.717, 1.165) is 58.6 Å². The Morgan fingerprint density at radius 3 is 2.06 bits per heavy atom. The molecule has 2 N–H and O–H groups in total. The van der Waals surface area contributed by atoms with Gasteiger partial charge in [0.1, 0.15) is 19.3 Å². The number of likely N-dealkylation sites (tertiary alicyclic amines) is 1. The van der Waals surface area contributed by atoms with E-state index < -0.39 is 10.00 Å². The molecule has 88 heavy (non-hydrogen) atoms. The maximum absolute atomic E-state index is 14.4. The van der Waals surface area contributed by atoms with E-state index >= 15 is 0 Å². The van der Waals surface area contributed by atoms with Gasteiger partial charge in [0.05, 0.1) is 81.0 Å². The van der Waals surface area contributed by atoms with Gasteiger partial charge in [-0.15, -0.1) is 11.8 Å². The lowest BCUT2D eigenvalue weighted by Gasteiger charge is -2.41. The van der Waals surface area contributed by atoms with E-state index in [4.69, 9.17) is 38.2 Å². The van der Waals surface area contributed by atoms with Crippen molar-refractivity contribution >= 4 is 75.9 Å². The maximum atomic E-state index is 14.4. The molecule has 20 heteroatoms. The molecule has 1 unspecified atom stereocenters. The number of fused-ring (bicyclic) bond motifs is 8. The van der Waals surface area contributed by atoms with E-state index in [1.54, 1.807) is 41.2 Å². The zero-order valence-corrected chi connectivity index (χ0v) is 51.9. The molecule has 1 saturated heterocycles. The molecule has 6 aliphatic rings. The Kier molecular flexibility index (Phi) is 18.7. The first-order valence-corrected chi connectivity index (χ1v) is 31.1. The minimum Gasteiger partial charge on any atom is -0.493 e. The smallest absolute Gasteiger partial charge is 0.261 e. The minimum absolute atomic E-state index is 0.0188. The third-order valence-electron chi connectivity index (χ3n) is 17.2. The van der Waals surface area contributed by atoms with E-state index in [2.05, 4.69) is 41.3 Å². The predicted octanol–water partition coefficient (Wildman–Crippen LogP) is 9.32. The maximum Gasteiger partial charge on any atom is 0.261 e. The van der Waals surface area contributed by atoms with Crippen molar-refractivity contribution in [2.45, 2.75) is 113 Å². The van der Waals surface area contributed by atoms with Crippen LogP contribution < -0.4 is 44.3 Å². The van der Waals surface area contributed by atoms with Gasteiger partial charge in [-0.1, -0.05) is 48.7 Å². The fourth-order valence-corrected chi connectivity index (χ4v) is 13.9. The fraction of sp³-hybridized carbons (Fsp3) is 0.441. The summed E-state index contributed by atoms with van der Waals surface area (Å²) in [6.07, 6.45) is 6.44. The summed E-state index contributed by atoms with van der Waals surface area (Å²) < 4.78 is 41.6. The minimum atomic E-state index is -0.658. The van der Waals surface area contributed by atoms with Crippen LogP contribution >= 0.6 is 11.8 Å². The van der Waals surface area contributed by atoms with Gasteiger partial charge in [-0.3, -0.25) is 43.7 Å². The topological polar surface area (TPSA) is 199 Å². The summed E-state index contributed by atoms with van der Waals surface area (Å²) in [5.74, 6) is 3.96. The zero-order chi connectivity index (χ0) is 61.7. The van der Waals surface area contributed by atoms with E-state index in [9.17, 15) is 24.0 Å². The zero-order valence-electron chi connectivity index (χ0n) is 51.1. The number of carbonyl (C=O) groups excluding carboxylic acids is 5. The van der Waals surface area contributed by atoms with Crippen molar-refractivity contribution in [1.82, 2.24) is 10.2 Å². The summed E-state index contributed by atoms with van der Waals surface area (Å²) in [5, 5.41) is 5.66. The number of nitrogens with one attached hydrogen (secondary N) is 2. The molecule has 5 heterocycles. The molecule has 3 atom stereocenters. The highest BCUT2D eigenvalue weighted by atomic mass is 32.2. The molecule has 1 saturated carbocycles. The Labute approximate surface area is 518 Å². The number of ether oxygens (including phenoxy) is 7. The summed E-state index contributed by atoms with van der Waals surface area (Å²) in [6.45, 7) is 11.1. The molecular formula is C68H77N7O12S. The molecule has 0 spiro atoms. The van der Waals surface area contributed by atoms with Gasteiger partial charge in [0.25, 0.3) is 11.8 Å². The number of imide groups is 1. The Balaban J connectivity index is 0.875. The van der Waals surface area contributed by atoms with Gasteiger partial charge in [0.2, 0.25) is 17.7 Å². The number of aliphatic imine (C=N–C) groups is 1. The predicted molar refractivity (Wildman–Crippen MR) is 339 cm³/mol. The van der Waals surface area contributed by atoms with Gasteiger partial charge in [-0.25, -0.2) is 0 Å². The monoisotopic (exact) mass is 1220 g/mol. The van der Waals surface area contributed by atoms with Crippen LogP contribution in [0.4, 0.5) is 28.4 Å². The summed E-state index contributed by atoms with van der Waals surface area (Å²) in [7, 11) is 4.70. The highest BCUT2D eigenvalue weighted by Crippen LogP contribution is 2.44. The molecule has 5 aliphatic heterocycles. The number of hydrogen-bond acceptors (Lipinski definition) is 16. The van der Waals surface area contributed by atoms with Gasteiger partial charge in [0, 0.05) is 104 Å². The van der Waals surface area contributed by atoms with E-state index in [1.807, 2.05) is 86.8 Å². The normalized spacial score (nSPS) is 18.3. The fourth-order valence-electron chi connectivity index (χ4n) is 12.5. The highest BCUT2D eigenvalue weighted by molar-refractivity contribution is 8.02. The Hall–Kier alpha value is -8.09. The van der Waals surface area contributed by atoms with Crippen LogP contribution in [0.1, 0.15) is 103 Å². The average molecular weight is 1220 g/mol. The van der Waals surface area contributed by atoms with Gasteiger partial charge in [-0.05, 0) is 111 Å². The van der Waals surface area contributed by atoms with Crippen LogP contribution in [0.5, 0.6) is 23.0 Å². The molecular weight excluding hydrogens is 1140 g/mol. The number of carbonyl (C=O) groups is 5. The van der Waals surface area contributed by atoms with Crippen LogP contribution in [0.3, 0.4) is 0 Å². The van der Waals surface area contributed by atoms with Gasteiger partial charge >= 0.3 is 0 Å². The number of amides is 5. The highest BCUT2D eigenvalue weighted by Gasteiger charge is 2.44. The Morgan fingerprint density at radius 1 is 0.739 bits per heavy atom. The summed E-state index contributed by atoms with van der Waals surface area (Å²) in [6, 6.07) is 31.2. The average Bonchev–Trinajstić information content (AvgIpc) is 1.69. The first-order valence-electron chi connectivity index (χ1n) is 30.2. The van der Waals surface area contributed by atoms with Gasteiger partial charge < -0.3 is 48.7 Å². The molecule has 1 aliphatic carbocycles. The Bertz CT molecular complexity index is 3580. The summed E-state index contributed by atoms with van der Waals surface area (Å²) >= 11 is 1.44.